The number of pyridine rings is 1. The Labute approximate surface area is 130 Å². The lowest BCUT2D eigenvalue weighted by Crippen LogP contribution is -2.34. The summed E-state index contributed by atoms with van der Waals surface area (Å²) in [6.07, 6.45) is 2.26. The zero-order valence-electron chi connectivity index (χ0n) is 12.4. The van der Waals surface area contributed by atoms with Crippen LogP contribution in [0.15, 0.2) is 24.5 Å². The van der Waals surface area contributed by atoms with Gasteiger partial charge in [-0.05, 0) is 25.5 Å². The van der Waals surface area contributed by atoms with Gasteiger partial charge in [0.15, 0.2) is 0 Å². The number of rotatable bonds is 5. The minimum atomic E-state index is -3.85. The van der Waals surface area contributed by atoms with E-state index in [0.717, 1.165) is 6.20 Å². The standard InChI is InChI=1S/C14H14F2N4O3/c1-3-23-11(21)9-7-18-13(19-9)20-12(22)14(15,16)10-8(2)5-4-6-17-10/h4-7H,3H2,1-2H3,(H2,18,19,20,22). The van der Waals surface area contributed by atoms with Gasteiger partial charge in [-0.25, -0.2) is 9.78 Å². The number of nitrogens with zero attached hydrogens (tertiary/aromatic N) is 2. The summed E-state index contributed by atoms with van der Waals surface area (Å²) in [5.74, 6) is -6.44. The second kappa shape index (κ2) is 6.51. The molecule has 2 aromatic rings. The summed E-state index contributed by atoms with van der Waals surface area (Å²) in [6, 6.07) is 2.92. The van der Waals surface area contributed by atoms with Crippen molar-refractivity contribution in [3.8, 4) is 0 Å². The molecule has 0 fully saturated rings. The normalized spacial score (nSPS) is 11.1. The van der Waals surface area contributed by atoms with Gasteiger partial charge in [0.2, 0.25) is 5.95 Å². The summed E-state index contributed by atoms with van der Waals surface area (Å²) >= 11 is 0. The number of halogens is 2. The Morgan fingerprint density at radius 3 is 2.78 bits per heavy atom. The minimum Gasteiger partial charge on any atom is -0.461 e. The van der Waals surface area contributed by atoms with Gasteiger partial charge in [0.1, 0.15) is 11.4 Å². The highest BCUT2D eigenvalue weighted by Crippen LogP contribution is 2.29. The fourth-order valence-corrected chi connectivity index (χ4v) is 1.81. The molecule has 9 heteroatoms. The van der Waals surface area contributed by atoms with E-state index in [-0.39, 0.29) is 23.8 Å². The zero-order valence-corrected chi connectivity index (χ0v) is 12.4. The highest BCUT2D eigenvalue weighted by atomic mass is 19.3. The Morgan fingerprint density at radius 1 is 1.39 bits per heavy atom. The predicted octanol–water partition coefficient (Wildman–Crippen LogP) is 2.02. The van der Waals surface area contributed by atoms with Crippen LogP contribution in [0.25, 0.3) is 0 Å². The summed E-state index contributed by atoms with van der Waals surface area (Å²) in [7, 11) is 0. The molecule has 0 bridgehead atoms. The molecule has 0 saturated carbocycles. The molecule has 2 aromatic heterocycles. The van der Waals surface area contributed by atoms with Crippen LogP contribution in [-0.4, -0.2) is 33.4 Å². The number of nitrogens with one attached hydrogen (secondary N) is 2. The number of aromatic amines is 1. The summed E-state index contributed by atoms with van der Waals surface area (Å²) in [5.41, 5.74) is -0.520. The van der Waals surface area contributed by atoms with E-state index in [9.17, 15) is 18.4 Å². The number of hydrogen-bond acceptors (Lipinski definition) is 5. The second-order valence-corrected chi connectivity index (χ2v) is 4.56. The molecule has 2 rings (SSSR count). The molecular formula is C14H14F2N4O3. The van der Waals surface area contributed by atoms with Crippen LogP contribution in [0.4, 0.5) is 14.7 Å². The molecule has 0 saturated heterocycles. The van der Waals surface area contributed by atoms with Crippen LogP contribution in [-0.2, 0) is 15.5 Å². The molecule has 1 amide bonds. The van der Waals surface area contributed by atoms with Crippen molar-refractivity contribution < 1.29 is 23.1 Å². The Morgan fingerprint density at radius 2 is 2.13 bits per heavy atom. The van der Waals surface area contributed by atoms with Crippen LogP contribution in [0.3, 0.4) is 0 Å². The van der Waals surface area contributed by atoms with Crippen molar-refractivity contribution in [2.24, 2.45) is 0 Å². The van der Waals surface area contributed by atoms with E-state index >= 15 is 0 Å². The Bertz CT molecular complexity index is 730. The number of aromatic nitrogens is 3. The Balaban J connectivity index is 2.15. The number of amides is 1. The minimum absolute atomic E-state index is 0.0560. The molecule has 23 heavy (non-hydrogen) atoms. The molecule has 0 atom stereocenters. The number of hydrogen-bond donors (Lipinski definition) is 2. The van der Waals surface area contributed by atoms with Gasteiger partial charge in [-0.2, -0.15) is 8.78 Å². The molecule has 0 unspecified atom stereocenters. The van der Waals surface area contributed by atoms with Crippen molar-refractivity contribution in [1.29, 1.82) is 0 Å². The summed E-state index contributed by atoms with van der Waals surface area (Å²) in [5, 5.41) is 1.92. The molecule has 0 aliphatic rings. The van der Waals surface area contributed by atoms with Gasteiger partial charge in [-0.3, -0.25) is 15.1 Å². The van der Waals surface area contributed by atoms with Crippen molar-refractivity contribution in [1.82, 2.24) is 15.0 Å². The maximum absolute atomic E-state index is 14.2. The Hall–Kier alpha value is -2.84. The molecule has 0 aromatic carbocycles. The number of ether oxygens (including phenoxy) is 1. The first-order chi connectivity index (χ1) is 10.9. The fraction of sp³-hybridized carbons (Fsp3) is 0.286. The maximum atomic E-state index is 14.2. The summed E-state index contributed by atoms with van der Waals surface area (Å²) < 4.78 is 33.1. The average molecular weight is 324 g/mol. The van der Waals surface area contributed by atoms with Crippen molar-refractivity contribution in [2.75, 3.05) is 11.9 Å². The zero-order chi connectivity index (χ0) is 17.0. The molecule has 0 aliphatic carbocycles. The molecule has 2 N–H and O–H groups in total. The van der Waals surface area contributed by atoms with E-state index in [1.54, 1.807) is 6.92 Å². The quantitative estimate of drug-likeness (QED) is 0.820. The first kappa shape index (κ1) is 16.5. The first-order valence-corrected chi connectivity index (χ1v) is 6.69. The van der Waals surface area contributed by atoms with Gasteiger partial charge in [0.05, 0.1) is 12.8 Å². The lowest BCUT2D eigenvalue weighted by Gasteiger charge is -2.16. The van der Waals surface area contributed by atoms with E-state index in [2.05, 4.69) is 15.0 Å². The topological polar surface area (TPSA) is 97.0 Å². The van der Waals surface area contributed by atoms with Crippen LogP contribution in [0, 0.1) is 6.92 Å². The summed E-state index contributed by atoms with van der Waals surface area (Å²) in [4.78, 5) is 32.9. The highest BCUT2D eigenvalue weighted by Gasteiger charge is 2.44. The van der Waals surface area contributed by atoms with Crippen molar-refractivity contribution in [3.05, 3.63) is 41.5 Å². The van der Waals surface area contributed by atoms with E-state index in [1.165, 1.54) is 25.3 Å². The first-order valence-electron chi connectivity index (χ1n) is 6.69. The third-order valence-corrected chi connectivity index (χ3v) is 2.90. The number of esters is 1. The van der Waals surface area contributed by atoms with Gasteiger partial charge < -0.3 is 9.72 Å². The van der Waals surface area contributed by atoms with Crippen molar-refractivity contribution >= 4 is 17.8 Å². The number of carbonyl (C=O) groups is 2. The second-order valence-electron chi connectivity index (χ2n) is 4.56. The van der Waals surface area contributed by atoms with Gasteiger partial charge in [-0.1, -0.05) is 6.07 Å². The van der Waals surface area contributed by atoms with Crippen LogP contribution >= 0.6 is 0 Å². The molecule has 0 spiro atoms. The molecule has 0 radical (unpaired) electrons. The number of carbonyl (C=O) groups excluding carboxylic acids is 2. The van der Waals surface area contributed by atoms with Gasteiger partial charge in [-0.15, -0.1) is 0 Å². The van der Waals surface area contributed by atoms with Crippen molar-refractivity contribution in [3.63, 3.8) is 0 Å². The molecule has 2 heterocycles. The number of H-pyrrole nitrogens is 1. The molecular weight excluding hydrogens is 310 g/mol. The third kappa shape index (κ3) is 3.50. The van der Waals surface area contributed by atoms with Crippen LogP contribution in [0.2, 0.25) is 0 Å². The maximum Gasteiger partial charge on any atom is 0.366 e. The molecule has 122 valence electrons. The number of anilines is 1. The van der Waals surface area contributed by atoms with Crippen LogP contribution < -0.4 is 5.32 Å². The predicted molar refractivity (Wildman–Crippen MR) is 76.0 cm³/mol. The fourth-order valence-electron chi connectivity index (χ4n) is 1.81. The van der Waals surface area contributed by atoms with E-state index in [1.807, 2.05) is 5.32 Å². The summed E-state index contributed by atoms with van der Waals surface area (Å²) in [6.45, 7) is 3.19. The third-order valence-electron chi connectivity index (χ3n) is 2.90. The Kier molecular flexibility index (Phi) is 4.68. The van der Waals surface area contributed by atoms with E-state index < -0.39 is 23.5 Å². The lowest BCUT2D eigenvalue weighted by atomic mass is 10.1. The number of aryl methyl sites for hydroxylation is 1. The average Bonchev–Trinajstić information content (AvgIpc) is 2.96. The number of imidazole rings is 1. The molecule has 7 nitrogen and oxygen atoms in total. The highest BCUT2D eigenvalue weighted by molar-refractivity contribution is 5.96. The SMILES string of the molecule is CCOC(=O)c1cnc(NC(=O)C(F)(F)c2ncccc2C)[nH]1. The lowest BCUT2D eigenvalue weighted by molar-refractivity contribution is -0.141. The van der Waals surface area contributed by atoms with Crippen molar-refractivity contribution in [2.45, 2.75) is 19.8 Å². The van der Waals surface area contributed by atoms with Crippen LogP contribution in [0.1, 0.15) is 28.7 Å². The molecule has 0 aliphatic heterocycles. The monoisotopic (exact) mass is 324 g/mol. The van der Waals surface area contributed by atoms with Crippen LogP contribution in [0.5, 0.6) is 0 Å². The largest absolute Gasteiger partial charge is 0.461 e. The van der Waals surface area contributed by atoms with Gasteiger partial charge in [0, 0.05) is 6.20 Å². The smallest absolute Gasteiger partial charge is 0.366 e. The number of alkyl halides is 2. The van der Waals surface area contributed by atoms with Gasteiger partial charge in [0.25, 0.3) is 0 Å². The van der Waals surface area contributed by atoms with E-state index in [0.29, 0.717) is 0 Å². The van der Waals surface area contributed by atoms with E-state index in [4.69, 9.17) is 4.74 Å². The van der Waals surface area contributed by atoms with Gasteiger partial charge >= 0.3 is 17.8 Å².